The van der Waals surface area contributed by atoms with E-state index in [1.807, 2.05) is 0 Å². The van der Waals surface area contributed by atoms with Crippen molar-refractivity contribution in [2.75, 3.05) is 26.3 Å². The third-order valence-electron chi connectivity index (χ3n) is 3.15. The first-order chi connectivity index (χ1) is 8.88. The molecule has 0 radical (unpaired) electrons. The molecule has 8 heteroatoms. The number of hydrogen-bond donors (Lipinski definition) is 1. The number of amides is 2. The number of rotatable bonds is 5. The molecule has 2 rings (SSSR count). The maximum Gasteiger partial charge on any atom is 0.411 e. The molecule has 0 spiro atoms. The molecule has 1 N–H and O–H groups in total. The van der Waals surface area contributed by atoms with Gasteiger partial charge < -0.3 is 15.0 Å². The Labute approximate surface area is 108 Å². The number of nitrogens with one attached hydrogen (secondary N) is 1. The Balaban J connectivity index is 1.85. The largest absolute Gasteiger partial charge is 0.411 e. The highest BCUT2D eigenvalue weighted by molar-refractivity contribution is 5.95. The van der Waals surface area contributed by atoms with Gasteiger partial charge in [0.15, 0.2) is 0 Å². The fourth-order valence-corrected chi connectivity index (χ4v) is 2.16. The zero-order valence-corrected chi connectivity index (χ0v) is 10.2. The lowest BCUT2D eigenvalue weighted by Crippen LogP contribution is -2.59. The van der Waals surface area contributed by atoms with Gasteiger partial charge in [0.2, 0.25) is 11.8 Å². The number of carbonyl (C=O) groups is 2. The van der Waals surface area contributed by atoms with E-state index in [2.05, 4.69) is 10.1 Å². The molecule has 19 heavy (non-hydrogen) atoms. The van der Waals surface area contributed by atoms with Gasteiger partial charge in [0.1, 0.15) is 12.6 Å². The first kappa shape index (κ1) is 14.1. The summed E-state index contributed by atoms with van der Waals surface area (Å²) in [6.45, 7) is -1.64. The van der Waals surface area contributed by atoms with Gasteiger partial charge in [-0.25, -0.2) is 0 Å². The molecule has 0 aromatic heterocycles. The molecule has 2 aliphatic rings. The Morgan fingerprint density at radius 2 is 2.00 bits per heavy atom. The first-order valence-corrected chi connectivity index (χ1v) is 6.10. The van der Waals surface area contributed by atoms with Crippen molar-refractivity contribution in [2.45, 2.75) is 25.1 Å². The van der Waals surface area contributed by atoms with Gasteiger partial charge in [-0.2, -0.15) is 13.2 Å². The summed E-state index contributed by atoms with van der Waals surface area (Å²) in [5.74, 6) is -0.364. The molecule has 5 nitrogen and oxygen atoms in total. The van der Waals surface area contributed by atoms with E-state index in [9.17, 15) is 22.8 Å². The van der Waals surface area contributed by atoms with E-state index >= 15 is 0 Å². The van der Waals surface area contributed by atoms with Gasteiger partial charge in [0.05, 0.1) is 13.2 Å². The lowest BCUT2D eigenvalue weighted by atomic mass is 10.1. The van der Waals surface area contributed by atoms with E-state index in [1.165, 1.54) is 4.90 Å². The van der Waals surface area contributed by atoms with Crippen molar-refractivity contribution in [3.8, 4) is 0 Å². The van der Waals surface area contributed by atoms with Gasteiger partial charge in [-0.1, -0.05) is 0 Å². The summed E-state index contributed by atoms with van der Waals surface area (Å²) in [5.41, 5.74) is 0. The lowest BCUT2D eigenvalue weighted by Gasteiger charge is -2.35. The molecule has 1 unspecified atom stereocenters. The standard InChI is InChI=1S/C11H15F3N2O3/c12-11(13,14)6-19-4-3-16-8(17)5-15-10(18)9(16)7-1-2-7/h7,9H,1-6H2,(H,15,18). The molecular formula is C11H15F3N2O3. The minimum absolute atomic E-state index is 0.0174. The summed E-state index contributed by atoms with van der Waals surface area (Å²) in [4.78, 5) is 24.7. The fourth-order valence-electron chi connectivity index (χ4n) is 2.16. The Morgan fingerprint density at radius 3 is 2.58 bits per heavy atom. The molecule has 0 bridgehead atoms. The Kier molecular flexibility index (Phi) is 3.98. The molecule has 1 aliphatic heterocycles. The molecule has 1 heterocycles. The predicted molar refractivity (Wildman–Crippen MR) is 58.1 cm³/mol. The van der Waals surface area contributed by atoms with E-state index < -0.39 is 18.8 Å². The third kappa shape index (κ3) is 3.82. The van der Waals surface area contributed by atoms with Gasteiger partial charge in [-0.3, -0.25) is 9.59 Å². The summed E-state index contributed by atoms with van der Waals surface area (Å²) in [7, 11) is 0. The number of carbonyl (C=O) groups excluding carboxylic acids is 2. The monoisotopic (exact) mass is 280 g/mol. The number of piperazine rings is 1. The first-order valence-electron chi connectivity index (χ1n) is 6.10. The molecule has 1 saturated carbocycles. The molecule has 1 atom stereocenters. The Hall–Kier alpha value is -1.31. The second-order valence-electron chi connectivity index (χ2n) is 4.75. The van der Waals surface area contributed by atoms with Crippen molar-refractivity contribution in [2.24, 2.45) is 5.92 Å². The third-order valence-corrected chi connectivity index (χ3v) is 3.15. The average Bonchev–Trinajstić information content (AvgIpc) is 3.11. The molecule has 0 aromatic carbocycles. The van der Waals surface area contributed by atoms with Crippen LogP contribution >= 0.6 is 0 Å². The van der Waals surface area contributed by atoms with Crippen LogP contribution < -0.4 is 5.32 Å². The molecule has 0 aromatic rings. The molecule has 1 saturated heterocycles. The van der Waals surface area contributed by atoms with Gasteiger partial charge >= 0.3 is 6.18 Å². The molecule has 1 aliphatic carbocycles. The van der Waals surface area contributed by atoms with Crippen LogP contribution in [0, 0.1) is 5.92 Å². The minimum atomic E-state index is -4.38. The predicted octanol–water partition coefficient (Wildman–Crippen LogP) is 0.302. The summed E-state index contributed by atoms with van der Waals surface area (Å²) in [6.07, 6.45) is -2.64. The SMILES string of the molecule is O=C1NCC(=O)N(CCOCC(F)(F)F)C1C1CC1. The van der Waals surface area contributed by atoms with Crippen LogP contribution in [0.2, 0.25) is 0 Å². The summed E-state index contributed by atoms with van der Waals surface area (Å²) in [5, 5.41) is 2.50. The summed E-state index contributed by atoms with van der Waals surface area (Å²) >= 11 is 0. The van der Waals surface area contributed by atoms with E-state index in [0.29, 0.717) is 0 Å². The van der Waals surface area contributed by atoms with E-state index in [0.717, 1.165) is 12.8 Å². The number of alkyl halides is 3. The number of ether oxygens (including phenoxy) is 1. The van der Waals surface area contributed by atoms with Gasteiger partial charge in [-0.15, -0.1) is 0 Å². The van der Waals surface area contributed by atoms with Crippen LogP contribution in [0.1, 0.15) is 12.8 Å². The normalized spacial score (nSPS) is 24.6. The highest BCUT2D eigenvalue weighted by Crippen LogP contribution is 2.36. The maximum absolute atomic E-state index is 11.9. The number of nitrogens with zero attached hydrogens (tertiary/aromatic N) is 1. The van der Waals surface area contributed by atoms with Crippen molar-refractivity contribution in [1.29, 1.82) is 0 Å². The minimum Gasteiger partial charge on any atom is -0.370 e. The zero-order valence-electron chi connectivity index (χ0n) is 10.2. The van der Waals surface area contributed by atoms with E-state index in [-0.39, 0.29) is 37.4 Å². The fraction of sp³-hybridized carbons (Fsp3) is 0.818. The number of halogens is 3. The van der Waals surface area contributed by atoms with E-state index in [1.54, 1.807) is 0 Å². The number of hydrogen-bond acceptors (Lipinski definition) is 3. The second-order valence-corrected chi connectivity index (χ2v) is 4.75. The van der Waals surface area contributed by atoms with Crippen LogP contribution in [0.5, 0.6) is 0 Å². The second kappa shape index (κ2) is 5.36. The van der Waals surface area contributed by atoms with Gasteiger partial charge in [-0.05, 0) is 18.8 Å². The molecule has 2 fully saturated rings. The van der Waals surface area contributed by atoms with Crippen molar-refractivity contribution in [1.82, 2.24) is 10.2 Å². The van der Waals surface area contributed by atoms with Crippen LogP contribution in [0.25, 0.3) is 0 Å². The molecular weight excluding hydrogens is 265 g/mol. The van der Waals surface area contributed by atoms with Crippen molar-refractivity contribution >= 4 is 11.8 Å². The van der Waals surface area contributed by atoms with Crippen LogP contribution in [-0.4, -0.2) is 55.2 Å². The van der Waals surface area contributed by atoms with Gasteiger partial charge in [0.25, 0.3) is 0 Å². The van der Waals surface area contributed by atoms with E-state index in [4.69, 9.17) is 0 Å². The zero-order chi connectivity index (χ0) is 14.0. The van der Waals surface area contributed by atoms with Crippen LogP contribution in [-0.2, 0) is 14.3 Å². The smallest absolute Gasteiger partial charge is 0.370 e. The van der Waals surface area contributed by atoms with Crippen molar-refractivity contribution in [3.05, 3.63) is 0 Å². The van der Waals surface area contributed by atoms with Crippen LogP contribution in [0.4, 0.5) is 13.2 Å². The lowest BCUT2D eigenvalue weighted by molar-refractivity contribution is -0.176. The Morgan fingerprint density at radius 1 is 1.32 bits per heavy atom. The van der Waals surface area contributed by atoms with Crippen molar-refractivity contribution < 1.29 is 27.5 Å². The Bertz CT molecular complexity index is 369. The highest BCUT2D eigenvalue weighted by Gasteiger charge is 2.44. The average molecular weight is 280 g/mol. The topological polar surface area (TPSA) is 58.6 Å². The summed E-state index contributed by atoms with van der Waals surface area (Å²) in [6, 6.07) is -0.546. The summed E-state index contributed by atoms with van der Waals surface area (Å²) < 4.78 is 40.2. The molecule has 108 valence electrons. The van der Waals surface area contributed by atoms with Crippen molar-refractivity contribution in [3.63, 3.8) is 0 Å². The maximum atomic E-state index is 11.9. The molecule has 2 amide bonds. The van der Waals surface area contributed by atoms with Gasteiger partial charge in [0, 0.05) is 6.54 Å². The quantitative estimate of drug-likeness (QED) is 0.737. The van der Waals surface area contributed by atoms with Crippen LogP contribution in [0.15, 0.2) is 0 Å². The highest BCUT2D eigenvalue weighted by atomic mass is 19.4. The van der Waals surface area contributed by atoms with Crippen LogP contribution in [0.3, 0.4) is 0 Å².